The van der Waals surface area contributed by atoms with Gasteiger partial charge in [0, 0.05) is 17.5 Å². The highest BCUT2D eigenvalue weighted by Gasteiger charge is 2.36. The van der Waals surface area contributed by atoms with Gasteiger partial charge in [-0.2, -0.15) is 4.31 Å². The lowest BCUT2D eigenvalue weighted by Crippen LogP contribution is -2.43. The number of carbonyl (C=O) groups excluding carboxylic acids is 1. The van der Waals surface area contributed by atoms with Gasteiger partial charge in [0.15, 0.2) is 0 Å². The van der Waals surface area contributed by atoms with Crippen LogP contribution in [0.25, 0.3) is 11.0 Å². The Hall–Kier alpha value is -1.86. The summed E-state index contributed by atoms with van der Waals surface area (Å²) in [5, 5.41) is 0.577. The second-order valence-electron chi connectivity index (χ2n) is 5.56. The maximum Gasteiger partial charge on any atom is 0.277 e. The molecule has 1 aromatic heterocycles. The standard InChI is InChI=1S/C15H18N2O4S/c16-14(18)10-17(12-6-2-3-7-12)22(19,20)15-9-11-5-1-4-8-13(11)21-15/h1,4-5,8-9,12H,2-3,6-7,10H2,(H2,16,18). The lowest BCUT2D eigenvalue weighted by molar-refractivity contribution is -0.118. The van der Waals surface area contributed by atoms with Gasteiger partial charge in [0.2, 0.25) is 11.0 Å². The van der Waals surface area contributed by atoms with Gasteiger partial charge in [0.1, 0.15) is 5.58 Å². The Morgan fingerprint density at radius 2 is 1.95 bits per heavy atom. The third-order valence-corrected chi connectivity index (χ3v) is 5.76. The smallest absolute Gasteiger partial charge is 0.277 e. The second-order valence-corrected chi connectivity index (χ2v) is 7.38. The zero-order valence-electron chi connectivity index (χ0n) is 12.1. The van der Waals surface area contributed by atoms with E-state index in [9.17, 15) is 13.2 Å². The third-order valence-electron chi connectivity index (χ3n) is 4.01. The highest BCUT2D eigenvalue weighted by Crippen LogP contribution is 2.31. The molecule has 2 N–H and O–H groups in total. The monoisotopic (exact) mass is 322 g/mol. The Labute approximate surface area is 128 Å². The van der Waals surface area contributed by atoms with Crippen molar-refractivity contribution in [3.8, 4) is 0 Å². The molecular formula is C15H18N2O4S. The molecule has 118 valence electrons. The molecule has 1 fully saturated rings. The van der Waals surface area contributed by atoms with Gasteiger partial charge in [0.05, 0.1) is 6.54 Å². The zero-order chi connectivity index (χ0) is 15.7. The minimum Gasteiger partial charge on any atom is -0.443 e. The molecule has 1 saturated carbocycles. The number of furan rings is 1. The number of fused-ring (bicyclic) bond motifs is 1. The van der Waals surface area contributed by atoms with Crippen molar-refractivity contribution in [2.75, 3.05) is 6.54 Å². The largest absolute Gasteiger partial charge is 0.443 e. The Bertz CT molecular complexity index is 758. The molecule has 1 aliphatic carbocycles. The minimum absolute atomic E-state index is 0.137. The third kappa shape index (κ3) is 2.74. The lowest BCUT2D eigenvalue weighted by Gasteiger charge is -2.25. The minimum atomic E-state index is -3.88. The van der Waals surface area contributed by atoms with E-state index in [0.717, 1.165) is 25.7 Å². The number of nitrogens with two attached hydrogens (primary N) is 1. The molecule has 0 aliphatic heterocycles. The summed E-state index contributed by atoms with van der Waals surface area (Å²) in [6.45, 7) is -0.315. The van der Waals surface area contributed by atoms with Crippen molar-refractivity contribution in [3.63, 3.8) is 0 Å². The van der Waals surface area contributed by atoms with Gasteiger partial charge >= 0.3 is 0 Å². The van der Waals surface area contributed by atoms with E-state index in [1.54, 1.807) is 18.2 Å². The molecule has 7 heteroatoms. The van der Waals surface area contributed by atoms with Gasteiger partial charge in [-0.25, -0.2) is 8.42 Å². The number of carbonyl (C=O) groups is 1. The summed E-state index contributed by atoms with van der Waals surface area (Å²) in [5.41, 5.74) is 5.74. The average Bonchev–Trinajstić information content (AvgIpc) is 3.13. The molecule has 1 heterocycles. The number of amides is 1. The first-order valence-electron chi connectivity index (χ1n) is 7.27. The maximum absolute atomic E-state index is 12.8. The summed E-state index contributed by atoms with van der Waals surface area (Å²) in [5.74, 6) is -0.661. The number of benzene rings is 1. The predicted octanol–water partition coefficient (Wildman–Crippen LogP) is 1.85. The van der Waals surface area contributed by atoms with Crippen LogP contribution < -0.4 is 5.73 Å². The zero-order valence-corrected chi connectivity index (χ0v) is 12.9. The first-order chi connectivity index (χ1) is 10.5. The van der Waals surface area contributed by atoms with Crippen LogP contribution in [0.3, 0.4) is 0 Å². The molecule has 0 radical (unpaired) electrons. The molecule has 0 saturated heterocycles. The summed E-state index contributed by atoms with van der Waals surface area (Å²) >= 11 is 0. The van der Waals surface area contributed by atoms with E-state index in [2.05, 4.69) is 0 Å². The topological polar surface area (TPSA) is 93.6 Å². The highest BCUT2D eigenvalue weighted by molar-refractivity contribution is 7.89. The van der Waals surface area contributed by atoms with E-state index >= 15 is 0 Å². The molecule has 2 aromatic rings. The van der Waals surface area contributed by atoms with Gasteiger partial charge in [-0.1, -0.05) is 31.0 Å². The van der Waals surface area contributed by atoms with Crippen LogP contribution in [0.4, 0.5) is 0 Å². The summed E-state index contributed by atoms with van der Waals surface area (Å²) in [4.78, 5) is 11.3. The van der Waals surface area contributed by atoms with Crippen LogP contribution in [0, 0.1) is 0 Å². The van der Waals surface area contributed by atoms with Crippen molar-refractivity contribution >= 4 is 26.9 Å². The molecule has 1 aliphatic rings. The van der Waals surface area contributed by atoms with Crippen LogP contribution >= 0.6 is 0 Å². The molecule has 0 bridgehead atoms. The van der Waals surface area contributed by atoms with Gasteiger partial charge in [-0.15, -0.1) is 0 Å². The molecule has 0 unspecified atom stereocenters. The van der Waals surface area contributed by atoms with Crippen LogP contribution in [-0.2, 0) is 14.8 Å². The van der Waals surface area contributed by atoms with Gasteiger partial charge < -0.3 is 10.2 Å². The van der Waals surface area contributed by atoms with Crippen LogP contribution in [-0.4, -0.2) is 31.2 Å². The second kappa shape index (κ2) is 5.73. The Morgan fingerprint density at radius 3 is 2.59 bits per heavy atom. The lowest BCUT2D eigenvalue weighted by atomic mass is 10.2. The Balaban J connectivity index is 2.01. The summed E-state index contributed by atoms with van der Waals surface area (Å²) in [7, 11) is -3.88. The number of para-hydroxylation sites is 1. The fourth-order valence-corrected chi connectivity index (χ4v) is 4.56. The number of hydrogen-bond donors (Lipinski definition) is 1. The molecule has 1 aromatic carbocycles. The van der Waals surface area contributed by atoms with E-state index in [4.69, 9.17) is 10.2 Å². The van der Waals surface area contributed by atoms with Gasteiger partial charge in [-0.3, -0.25) is 4.79 Å². The Kier molecular flexibility index (Phi) is 3.92. The fraction of sp³-hybridized carbons (Fsp3) is 0.400. The number of primary amides is 1. The molecule has 3 rings (SSSR count). The number of rotatable bonds is 5. The van der Waals surface area contributed by atoms with Crippen molar-refractivity contribution in [1.29, 1.82) is 0 Å². The van der Waals surface area contributed by atoms with E-state index in [0.29, 0.717) is 11.0 Å². The number of nitrogens with zero attached hydrogens (tertiary/aromatic N) is 1. The van der Waals surface area contributed by atoms with Crippen LogP contribution in [0.15, 0.2) is 39.8 Å². The summed E-state index contributed by atoms with van der Waals surface area (Å²) in [6, 6.07) is 8.39. The predicted molar refractivity (Wildman–Crippen MR) is 81.6 cm³/mol. The van der Waals surface area contributed by atoms with E-state index in [-0.39, 0.29) is 17.7 Å². The van der Waals surface area contributed by atoms with Crippen LogP contribution in [0.1, 0.15) is 25.7 Å². The summed E-state index contributed by atoms with van der Waals surface area (Å²) in [6.07, 6.45) is 3.39. The normalized spacial score (nSPS) is 16.6. The van der Waals surface area contributed by atoms with Crippen LogP contribution in [0.2, 0.25) is 0 Å². The first kappa shape index (κ1) is 15.1. The number of sulfonamides is 1. The summed E-state index contributed by atoms with van der Waals surface area (Å²) < 4.78 is 32.4. The Morgan fingerprint density at radius 1 is 1.27 bits per heavy atom. The molecule has 6 nitrogen and oxygen atoms in total. The molecule has 0 atom stereocenters. The SMILES string of the molecule is NC(=O)CN(C1CCCC1)S(=O)(=O)c1cc2ccccc2o1. The fourth-order valence-electron chi connectivity index (χ4n) is 2.96. The van der Waals surface area contributed by atoms with Crippen molar-refractivity contribution in [2.45, 2.75) is 36.8 Å². The number of hydrogen-bond acceptors (Lipinski definition) is 4. The van der Waals surface area contributed by atoms with E-state index in [1.807, 2.05) is 6.07 Å². The quantitative estimate of drug-likeness (QED) is 0.909. The molecule has 22 heavy (non-hydrogen) atoms. The van der Waals surface area contributed by atoms with E-state index in [1.165, 1.54) is 10.4 Å². The van der Waals surface area contributed by atoms with Crippen molar-refractivity contribution in [2.24, 2.45) is 5.73 Å². The van der Waals surface area contributed by atoms with Crippen molar-refractivity contribution in [3.05, 3.63) is 30.3 Å². The van der Waals surface area contributed by atoms with Crippen LogP contribution in [0.5, 0.6) is 0 Å². The highest BCUT2D eigenvalue weighted by atomic mass is 32.2. The van der Waals surface area contributed by atoms with E-state index < -0.39 is 15.9 Å². The van der Waals surface area contributed by atoms with Crippen molar-refractivity contribution in [1.82, 2.24) is 4.31 Å². The maximum atomic E-state index is 12.8. The molecule has 1 amide bonds. The molecule has 0 spiro atoms. The molecular weight excluding hydrogens is 304 g/mol. The average molecular weight is 322 g/mol. The van der Waals surface area contributed by atoms with Gasteiger partial charge in [0.25, 0.3) is 10.0 Å². The first-order valence-corrected chi connectivity index (χ1v) is 8.71. The van der Waals surface area contributed by atoms with Crippen molar-refractivity contribution < 1.29 is 17.6 Å². The van der Waals surface area contributed by atoms with Gasteiger partial charge in [-0.05, 0) is 18.9 Å².